The van der Waals surface area contributed by atoms with E-state index in [-0.39, 0.29) is 56.8 Å². The Balaban J connectivity index is 2.27. The SMILES string of the molecule is CCCCCC(=O)N[C@@H](CC(=O)O)C(=O)N[C@H]1C(=O)N[C@@H](CCCN=C(N)N)C(=O)N[C@H]2CC[C@@H](O)N(C2=O)[C@@H]([C@H](C)CC)C(=O)N(C)[C@@H](Cc2ccc(O)cc2)C(=O)N[C@@H]([C@@H](C)CC)C(=O)O[C@@H]1C. The fourth-order valence-electron chi connectivity index (χ4n) is 8.23. The van der Waals surface area contributed by atoms with Gasteiger partial charge >= 0.3 is 11.9 Å². The van der Waals surface area contributed by atoms with Crippen molar-refractivity contribution in [3.63, 3.8) is 0 Å². The van der Waals surface area contributed by atoms with Gasteiger partial charge in [-0.05, 0) is 68.6 Å². The van der Waals surface area contributed by atoms with Gasteiger partial charge in [0.25, 0.3) is 0 Å². The number of carboxylic acid groups (broad SMARTS) is 1. The van der Waals surface area contributed by atoms with Crippen molar-refractivity contribution in [1.29, 1.82) is 0 Å². The van der Waals surface area contributed by atoms with Gasteiger partial charge in [-0.15, -0.1) is 0 Å². The monoisotopic (exact) mass is 987 g/mol. The van der Waals surface area contributed by atoms with Crippen LogP contribution in [0.3, 0.4) is 0 Å². The number of unbranched alkanes of at least 4 members (excludes halogenated alkanes) is 2. The number of ether oxygens (including phenoxy) is 1. The van der Waals surface area contributed by atoms with Crippen LogP contribution in [0.5, 0.6) is 5.75 Å². The molecule has 2 fully saturated rings. The Bertz CT molecular complexity index is 2030. The number of benzene rings is 1. The molecule has 3 rings (SSSR count). The van der Waals surface area contributed by atoms with Crippen LogP contribution in [0.15, 0.2) is 29.3 Å². The number of carboxylic acids is 1. The topological polar surface area (TPSA) is 355 Å². The lowest BCUT2D eigenvalue weighted by atomic mass is 9.91. The number of nitrogens with zero attached hydrogens (tertiary/aromatic N) is 3. The van der Waals surface area contributed by atoms with E-state index >= 15 is 0 Å². The summed E-state index contributed by atoms with van der Waals surface area (Å²) < 4.78 is 5.87. The zero-order valence-corrected chi connectivity index (χ0v) is 41.3. The number of aliphatic hydroxyl groups excluding tert-OH is 1. The molecular weight excluding hydrogens is 913 g/mol. The second kappa shape index (κ2) is 27.6. The number of esters is 1. The van der Waals surface area contributed by atoms with Gasteiger partial charge in [0.05, 0.1) is 6.42 Å². The molecule has 23 heteroatoms. The number of nitrogens with one attached hydrogen (secondary N) is 5. The summed E-state index contributed by atoms with van der Waals surface area (Å²) in [7, 11) is 1.35. The minimum absolute atomic E-state index is 0.00398. The molecule has 2 aliphatic rings. The summed E-state index contributed by atoms with van der Waals surface area (Å²) >= 11 is 0. The van der Waals surface area contributed by atoms with Crippen molar-refractivity contribution in [3.8, 4) is 5.75 Å². The van der Waals surface area contributed by atoms with Crippen LogP contribution in [0.4, 0.5) is 0 Å². The molecule has 2 saturated heterocycles. The molecule has 1 aromatic carbocycles. The van der Waals surface area contributed by atoms with E-state index in [4.69, 9.17) is 16.2 Å². The van der Waals surface area contributed by atoms with Crippen molar-refractivity contribution < 1.29 is 63.2 Å². The molecule has 1 aromatic rings. The van der Waals surface area contributed by atoms with Crippen LogP contribution in [0.25, 0.3) is 0 Å². The van der Waals surface area contributed by atoms with E-state index in [1.807, 2.05) is 6.92 Å². The minimum atomic E-state index is -1.88. The first-order valence-corrected chi connectivity index (χ1v) is 24.1. The number of phenols is 1. The molecule has 12 N–H and O–H groups in total. The number of nitrogens with two attached hydrogens (primary N) is 2. The molecule has 0 saturated carbocycles. The Hall–Kier alpha value is -6.52. The zero-order chi connectivity index (χ0) is 52.4. The summed E-state index contributed by atoms with van der Waals surface area (Å²) in [6.07, 6.45) is -1.87. The van der Waals surface area contributed by atoms with Crippen molar-refractivity contribution in [2.45, 2.75) is 173 Å². The second-order valence-electron chi connectivity index (χ2n) is 18.2. The molecule has 0 spiro atoms. The van der Waals surface area contributed by atoms with Crippen LogP contribution in [0.1, 0.15) is 118 Å². The van der Waals surface area contributed by atoms with Crippen LogP contribution < -0.4 is 38.1 Å². The van der Waals surface area contributed by atoms with Crippen molar-refractivity contribution in [2.24, 2.45) is 28.3 Å². The maximum absolute atomic E-state index is 14.9. The van der Waals surface area contributed by atoms with Crippen LogP contribution in [-0.2, 0) is 54.3 Å². The van der Waals surface area contributed by atoms with E-state index in [0.717, 1.165) is 16.2 Å². The number of aliphatic imine (C=N–C) groups is 1. The Morgan fingerprint density at radius 1 is 0.886 bits per heavy atom. The van der Waals surface area contributed by atoms with E-state index in [2.05, 4.69) is 31.6 Å². The van der Waals surface area contributed by atoms with Gasteiger partial charge in [-0.1, -0.05) is 72.4 Å². The van der Waals surface area contributed by atoms with E-state index in [1.165, 1.54) is 26.1 Å². The molecule has 2 bridgehead atoms. The number of hydrogen-bond acceptors (Lipinski definition) is 13. The van der Waals surface area contributed by atoms with Crippen molar-refractivity contribution in [2.75, 3.05) is 13.6 Å². The highest BCUT2D eigenvalue weighted by Gasteiger charge is 2.47. The van der Waals surface area contributed by atoms with E-state index in [0.29, 0.717) is 31.2 Å². The number of aromatic hydroxyl groups is 1. The molecular formula is C47H74N10O13. The number of cyclic esters (lactones) is 1. The first kappa shape index (κ1) is 57.8. The van der Waals surface area contributed by atoms with E-state index in [1.54, 1.807) is 39.8 Å². The molecule has 0 radical (unpaired) electrons. The van der Waals surface area contributed by atoms with Crippen LogP contribution in [0, 0.1) is 11.8 Å². The Labute approximate surface area is 408 Å². The predicted octanol–water partition coefficient (Wildman–Crippen LogP) is -0.359. The van der Waals surface area contributed by atoms with Crippen molar-refractivity contribution in [3.05, 3.63) is 29.8 Å². The number of hydrogen-bond donors (Lipinski definition) is 10. The minimum Gasteiger partial charge on any atom is -0.508 e. The number of carbonyl (C=O) groups is 9. The third-order valence-electron chi connectivity index (χ3n) is 12.9. The highest BCUT2D eigenvalue weighted by molar-refractivity contribution is 5.99. The quantitative estimate of drug-likeness (QED) is 0.0366. The Kier molecular flexibility index (Phi) is 22.8. The fourth-order valence-corrected chi connectivity index (χ4v) is 8.23. The first-order chi connectivity index (χ1) is 33.0. The molecule has 0 aromatic heterocycles. The summed E-state index contributed by atoms with van der Waals surface area (Å²) in [6, 6.07) is -4.72. The summed E-state index contributed by atoms with van der Waals surface area (Å²) in [5, 5.41) is 44.0. The molecule has 23 nitrogen and oxygen atoms in total. The number of phenolic OH excluding ortho intramolecular Hbond substituents is 1. The third kappa shape index (κ3) is 16.6. The van der Waals surface area contributed by atoms with Crippen LogP contribution in [0.2, 0.25) is 0 Å². The zero-order valence-electron chi connectivity index (χ0n) is 41.3. The maximum Gasteiger partial charge on any atom is 0.329 e. The lowest BCUT2D eigenvalue weighted by molar-refractivity contribution is -0.168. The molecule has 11 atom stereocenters. The van der Waals surface area contributed by atoms with Gasteiger partial charge < -0.3 is 67.9 Å². The van der Waals surface area contributed by atoms with Gasteiger partial charge in [-0.2, -0.15) is 0 Å². The van der Waals surface area contributed by atoms with Crippen molar-refractivity contribution >= 4 is 59.2 Å². The Morgan fingerprint density at radius 2 is 1.54 bits per heavy atom. The normalized spacial score (nSPS) is 25.3. The highest BCUT2D eigenvalue weighted by atomic mass is 16.5. The van der Waals surface area contributed by atoms with Gasteiger partial charge in [0, 0.05) is 26.4 Å². The smallest absolute Gasteiger partial charge is 0.329 e. The Morgan fingerprint density at radius 3 is 2.14 bits per heavy atom. The highest BCUT2D eigenvalue weighted by Crippen LogP contribution is 2.28. The fraction of sp³-hybridized carbons (Fsp3) is 0.660. The number of amides is 7. The van der Waals surface area contributed by atoms with E-state index < -0.39 is 126 Å². The third-order valence-corrected chi connectivity index (χ3v) is 12.9. The number of likely N-dealkylation sites (N-methyl/N-ethyl adjacent to an activating group) is 1. The molecule has 0 aliphatic carbocycles. The first-order valence-electron chi connectivity index (χ1n) is 24.1. The lowest BCUT2D eigenvalue weighted by Crippen LogP contribution is -2.66. The van der Waals surface area contributed by atoms with Gasteiger partial charge in [-0.3, -0.25) is 43.3 Å². The predicted molar refractivity (Wildman–Crippen MR) is 255 cm³/mol. The molecule has 2 heterocycles. The average Bonchev–Trinajstić information content (AvgIpc) is 3.30. The summed E-state index contributed by atoms with van der Waals surface area (Å²) in [5.74, 6) is -10.2. The average molecular weight is 987 g/mol. The summed E-state index contributed by atoms with van der Waals surface area (Å²) in [5.41, 5.74) is 11.5. The second-order valence-corrected chi connectivity index (χ2v) is 18.2. The van der Waals surface area contributed by atoms with Crippen LogP contribution in [-0.4, -0.2) is 153 Å². The molecule has 70 heavy (non-hydrogen) atoms. The number of carbonyl (C=O) groups excluding carboxylic acids is 8. The number of aliphatic hydroxyl groups is 1. The maximum atomic E-state index is 14.9. The standard InChI is InChI=1S/C47H74N10O13/c1-8-11-12-15-34(59)51-32(24-36(61)62)41(64)55-38-27(6)70-46(69)37(25(4)9-2)54-42(65)33(23-28-16-18-29(58)19-17-28)56(7)45(68)39(26(5)10-3)57-35(60)21-20-31(44(57)67)53-40(63)30(52-43(38)66)14-13-22-50-47(48)49/h16-19,25-27,30-33,35,37-39,58,60H,8-15,20-24H2,1-7H3,(H,51,59)(H,52,66)(H,53,63)(H,54,65)(H,55,64)(H,61,62)(H4,48,49,50)/t25-,26+,27+,30-,31-,32-,33-,35+,37-,38+,39-/m0/s1. The molecule has 2 aliphatic heterocycles. The summed E-state index contributed by atoms with van der Waals surface area (Å²) in [6.45, 7) is 10.0. The number of guanidine groups is 1. The van der Waals surface area contributed by atoms with Crippen LogP contribution >= 0.6 is 0 Å². The van der Waals surface area contributed by atoms with Gasteiger partial charge in [-0.25, -0.2) is 4.79 Å². The lowest BCUT2D eigenvalue weighted by Gasteiger charge is -2.44. The number of rotatable bonds is 19. The van der Waals surface area contributed by atoms with E-state index in [9.17, 15) is 58.5 Å². The summed E-state index contributed by atoms with van der Waals surface area (Å²) in [4.78, 5) is 132. The van der Waals surface area contributed by atoms with Crippen molar-refractivity contribution in [1.82, 2.24) is 36.4 Å². The van der Waals surface area contributed by atoms with Gasteiger partial charge in [0.1, 0.15) is 60.4 Å². The number of piperidine rings is 1. The number of fused-ring (bicyclic) bond motifs is 2. The van der Waals surface area contributed by atoms with Gasteiger partial charge in [0.2, 0.25) is 41.4 Å². The largest absolute Gasteiger partial charge is 0.508 e. The van der Waals surface area contributed by atoms with Gasteiger partial charge in [0.15, 0.2) is 5.96 Å². The molecule has 0 unspecified atom stereocenters. The molecule has 7 amide bonds. The number of aliphatic carboxylic acids is 1. The molecule has 390 valence electrons.